The molecule has 2 atom stereocenters. The quantitative estimate of drug-likeness (QED) is 0.766. The molecule has 100 valence electrons. The number of hydrogen-bond acceptors (Lipinski definition) is 3. The number of para-hydroxylation sites is 2. The number of carbonyl (C=O) groups is 1. The van der Waals surface area contributed by atoms with Crippen molar-refractivity contribution in [1.29, 1.82) is 0 Å². The Labute approximate surface area is 111 Å². The lowest BCUT2D eigenvalue weighted by Gasteiger charge is -2.27. The Kier molecular flexibility index (Phi) is 3.21. The van der Waals surface area contributed by atoms with Gasteiger partial charge in [-0.1, -0.05) is 25.0 Å². The molecule has 1 saturated carbocycles. The summed E-state index contributed by atoms with van der Waals surface area (Å²) in [6, 6.07) is 7.37. The fourth-order valence-electron chi connectivity index (χ4n) is 2.58. The van der Waals surface area contributed by atoms with Crippen LogP contribution in [0.5, 0.6) is 0 Å². The number of fused-ring (bicyclic) bond motifs is 1. The summed E-state index contributed by atoms with van der Waals surface area (Å²) in [5.41, 5.74) is 1.62. The second-order valence-electron chi connectivity index (χ2n) is 5.03. The van der Waals surface area contributed by atoms with Gasteiger partial charge in [-0.2, -0.15) is 0 Å². The minimum absolute atomic E-state index is 0.158. The molecule has 1 fully saturated rings. The van der Waals surface area contributed by atoms with Gasteiger partial charge in [0.25, 0.3) is 5.91 Å². The van der Waals surface area contributed by atoms with Gasteiger partial charge in [-0.05, 0) is 25.0 Å². The molecule has 3 N–H and O–H groups in total. The van der Waals surface area contributed by atoms with Crippen molar-refractivity contribution >= 4 is 16.9 Å². The van der Waals surface area contributed by atoms with E-state index >= 15 is 0 Å². The van der Waals surface area contributed by atoms with Crippen LogP contribution in [0.2, 0.25) is 0 Å². The highest BCUT2D eigenvalue weighted by molar-refractivity contribution is 5.94. The van der Waals surface area contributed by atoms with Crippen LogP contribution >= 0.6 is 0 Å². The molecule has 1 amide bonds. The lowest BCUT2D eigenvalue weighted by Crippen LogP contribution is -2.45. The average Bonchev–Trinajstić information content (AvgIpc) is 2.85. The summed E-state index contributed by atoms with van der Waals surface area (Å²) in [7, 11) is 0. The van der Waals surface area contributed by atoms with Gasteiger partial charge in [-0.15, -0.1) is 0 Å². The number of imidazole rings is 1. The van der Waals surface area contributed by atoms with E-state index in [4.69, 9.17) is 0 Å². The first kappa shape index (κ1) is 12.2. The van der Waals surface area contributed by atoms with Crippen LogP contribution in [-0.2, 0) is 0 Å². The van der Waals surface area contributed by atoms with Gasteiger partial charge in [0.2, 0.25) is 0 Å². The van der Waals surface area contributed by atoms with Crippen LogP contribution in [0.4, 0.5) is 0 Å². The molecule has 0 spiro atoms. The Morgan fingerprint density at radius 1 is 1.32 bits per heavy atom. The summed E-state index contributed by atoms with van der Waals surface area (Å²) in [6.45, 7) is 0. The van der Waals surface area contributed by atoms with Crippen molar-refractivity contribution in [2.75, 3.05) is 0 Å². The van der Waals surface area contributed by atoms with E-state index in [2.05, 4.69) is 15.3 Å². The molecule has 1 aromatic carbocycles. The fourth-order valence-corrected chi connectivity index (χ4v) is 2.58. The molecule has 1 aromatic heterocycles. The van der Waals surface area contributed by atoms with Gasteiger partial charge in [0.05, 0.1) is 23.2 Å². The molecule has 0 aliphatic heterocycles. The number of amides is 1. The van der Waals surface area contributed by atoms with E-state index in [1.165, 1.54) is 0 Å². The molecular weight excluding hydrogens is 242 g/mol. The highest BCUT2D eigenvalue weighted by Gasteiger charge is 2.25. The Hall–Kier alpha value is -1.88. The topological polar surface area (TPSA) is 78.0 Å². The number of carbonyl (C=O) groups excluding carboxylic acids is 1. The standard InChI is InChI=1S/C14H17N3O2/c18-12-8-4-3-7-11(12)17-14(19)13-15-9-5-1-2-6-10(9)16-13/h1-2,5-6,11-12,18H,3-4,7-8H2,(H,15,16)(H,17,19)/t11-,12+/m1/s1. The maximum Gasteiger partial charge on any atom is 0.287 e. The Bertz CT molecular complexity index is 560. The molecule has 0 radical (unpaired) electrons. The normalized spacial score (nSPS) is 23.4. The maximum atomic E-state index is 12.1. The second kappa shape index (κ2) is 5.01. The monoisotopic (exact) mass is 259 g/mol. The van der Waals surface area contributed by atoms with Crippen molar-refractivity contribution in [2.24, 2.45) is 0 Å². The van der Waals surface area contributed by atoms with E-state index in [0.717, 1.165) is 36.7 Å². The van der Waals surface area contributed by atoms with Crippen molar-refractivity contribution in [3.63, 3.8) is 0 Å². The second-order valence-corrected chi connectivity index (χ2v) is 5.03. The van der Waals surface area contributed by atoms with Crippen LogP contribution in [0, 0.1) is 0 Å². The molecule has 5 heteroatoms. The molecular formula is C14H17N3O2. The third-order valence-corrected chi connectivity index (χ3v) is 3.65. The number of aliphatic hydroxyl groups excluding tert-OH is 1. The molecule has 19 heavy (non-hydrogen) atoms. The summed E-state index contributed by atoms with van der Waals surface area (Å²) >= 11 is 0. The number of rotatable bonds is 2. The number of aliphatic hydroxyl groups is 1. The number of hydrogen-bond donors (Lipinski definition) is 3. The van der Waals surface area contributed by atoms with Gasteiger partial charge in [0.1, 0.15) is 0 Å². The Morgan fingerprint density at radius 2 is 2.11 bits per heavy atom. The Morgan fingerprint density at radius 3 is 2.89 bits per heavy atom. The maximum absolute atomic E-state index is 12.1. The van der Waals surface area contributed by atoms with Gasteiger partial charge in [0.15, 0.2) is 5.82 Å². The van der Waals surface area contributed by atoms with Crippen LogP contribution in [0.25, 0.3) is 11.0 Å². The first-order valence-electron chi connectivity index (χ1n) is 6.68. The van der Waals surface area contributed by atoms with Gasteiger partial charge in [-0.25, -0.2) is 4.98 Å². The van der Waals surface area contributed by atoms with Crippen molar-refractivity contribution in [3.05, 3.63) is 30.1 Å². The zero-order valence-electron chi connectivity index (χ0n) is 10.6. The number of aromatic amines is 1. The lowest BCUT2D eigenvalue weighted by atomic mass is 9.92. The third-order valence-electron chi connectivity index (χ3n) is 3.65. The fraction of sp³-hybridized carbons (Fsp3) is 0.429. The van der Waals surface area contributed by atoms with E-state index in [-0.39, 0.29) is 11.9 Å². The molecule has 1 aliphatic rings. The summed E-state index contributed by atoms with van der Waals surface area (Å²) in [4.78, 5) is 19.4. The minimum Gasteiger partial charge on any atom is -0.391 e. The van der Waals surface area contributed by atoms with Crippen molar-refractivity contribution in [1.82, 2.24) is 15.3 Å². The minimum atomic E-state index is -0.443. The summed E-state index contributed by atoms with van der Waals surface area (Å²) in [5, 5.41) is 12.7. The number of nitrogens with zero attached hydrogens (tertiary/aromatic N) is 1. The van der Waals surface area contributed by atoms with E-state index in [9.17, 15) is 9.90 Å². The molecule has 3 rings (SSSR count). The number of H-pyrrole nitrogens is 1. The number of nitrogens with one attached hydrogen (secondary N) is 2. The van der Waals surface area contributed by atoms with Crippen LogP contribution in [0.1, 0.15) is 36.3 Å². The van der Waals surface area contributed by atoms with E-state index in [0.29, 0.717) is 5.82 Å². The van der Waals surface area contributed by atoms with Crippen LogP contribution in [-0.4, -0.2) is 33.1 Å². The summed E-state index contributed by atoms with van der Waals surface area (Å²) in [5.74, 6) is 0.0566. The molecule has 1 heterocycles. The van der Waals surface area contributed by atoms with Crippen LogP contribution in [0.3, 0.4) is 0 Å². The highest BCUT2D eigenvalue weighted by atomic mass is 16.3. The summed E-state index contributed by atoms with van der Waals surface area (Å²) in [6.07, 6.45) is 3.21. The Balaban J connectivity index is 1.76. The molecule has 1 aliphatic carbocycles. The zero-order chi connectivity index (χ0) is 13.2. The zero-order valence-corrected chi connectivity index (χ0v) is 10.6. The van der Waals surface area contributed by atoms with Gasteiger partial charge in [-0.3, -0.25) is 4.79 Å². The van der Waals surface area contributed by atoms with Crippen molar-refractivity contribution in [3.8, 4) is 0 Å². The average molecular weight is 259 g/mol. The summed E-state index contributed by atoms with van der Waals surface area (Å²) < 4.78 is 0. The van der Waals surface area contributed by atoms with Crippen LogP contribution < -0.4 is 5.32 Å². The van der Waals surface area contributed by atoms with E-state index in [1.54, 1.807) is 0 Å². The smallest absolute Gasteiger partial charge is 0.287 e. The predicted octanol–water partition coefficient (Wildman–Crippen LogP) is 1.60. The van der Waals surface area contributed by atoms with Crippen molar-refractivity contribution < 1.29 is 9.90 Å². The number of benzene rings is 1. The SMILES string of the molecule is O=C(N[C@@H]1CCCC[C@@H]1O)c1nc2ccccc2[nH]1. The molecule has 5 nitrogen and oxygen atoms in total. The predicted molar refractivity (Wildman–Crippen MR) is 71.8 cm³/mol. The first-order valence-corrected chi connectivity index (χ1v) is 6.68. The largest absolute Gasteiger partial charge is 0.391 e. The van der Waals surface area contributed by atoms with Crippen LogP contribution in [0.15, 0.2) is 24.3 Å². The number of aromatic nitrogens is 2. The lowest BCUT2D eigenvalue weighted by molar-refractivity contribution is 0.0711. The van der Waals surface area contributed by atoms with E-state index in [1.807, 2.05) is 24.3 Å². The van der Waals surface area contributed by atoms with E-state index < -0.39 is 6.10 Å². The van der Waals surface area contributed by atoms with Gasteiger partial charge >= 0.3 is 0 Å². The first-order chi connectivity index (χ1) is 9.24. The van der Waals surface area contributed by atoms with Gasteiger partial charge in [0, 0.05) is 0 Å². The molecule has 0 bridgehead atoms. The van der Waals surface area contributed by atoms with Crippen molar-refractivity contribution in [2.45, 2.75) is 37.8 Å². The third kappa shape index (κ3) is 2.46. The molecule has 2 aromatic rings. The highest BCUT2D eigenvalue weighted by Crippen LogP contribution is 2.19. The molecule has 0 saturated heterocycles. The van der Waals surface area contributed by atoms with Gasteiger partial charge < -0.3 is 15.4 Å². The molecule has 0 unspecified atom stereocenters.